The van der Waals surface area contributed by atoms with Gasteiger partial charge in [-0.3, -0.25) is 9.59 Å². The Hall–Kier alpha value is -2.56. The molecule has 0 amide bonds. The summed E-state index contributed by atoms with van der Waals surface area (Å²) in [7, 11) is 0. The van der Waals surface area contributed by atoms with Gasteiger partial charge < -0.3 is 33.2 Å². The van der Waals surface area contributed by atoms with E-state index in [1.807, 2.05) is 36.4 Å². The molecule has 198 valence electrons. The molecule has 4 aliphatic heterocycles. The van der Waals surface area contributed by atoms with Gasteiger partial charge in [-0.1, -0.05) is 24.3 Å². The van der Waals surface area contributed by atoms with Crippen molar-refractivity contribution in [3.63, 3.8) is 0 Å². The molecule has 0 radical (unpaired) electrons. The van der Waals surface area contributed by atoms with Crippen LogP contribution in [0.1, 0.15) is 37.8 Å². The molecule has 2 bridgehead atoms. The molecule has 0 unspecified atom stereocenters. The number of esters is 2. The highest BCUT2D eigenvalue weighted by Crippen LogP contribution is 2.50. The van der Waals surface area contributed by atoms with E-state index in [1.54, 1.807) is 13.8 Å². The van der Waals surface area contributed by atoms with E-state index >= 15 is 0 Å². The molecular weight excluding hydrogens is 480 g/mol. The van der Waals surface area contributed by atoms with Crippen molar-refractivity contribution in [2.45, 2.75) is 63.3 Å². The molecule has 6 aliphatic rings. The van der Waals surface area contributed by atoms with Crippen molar-refractivity contribution < 1.29 is 42.7 Å². The van der Waals surface area contributed by atoms with Crippen LogP contribution in [0.15, 0.2) is 47.9 Å². The van der Waals surface area contributed by atoms with Crippen LogP contribution in [-0.4, -0.2) is 61.8 Å². The highest BCUT2D eigenvalue weighted by Gasteiger charge is 2.63. The number of hydrogen-bond acceptors (Lipinski definition) is 9. The SMILES string of the molecule is CC1=C[C@]23OCc4ccc(cc4)CO[C@@]45C=C(C)OC(=O)[C@@H]4C[C@H]5OCCOCCO[C@H]2C[C@@H]3C(=O)O1. The summed E-state index contributed by atoms with van der Waals surface area (Å²) in [6, 6.07) is 7.94. The van der Waals surface area contributed by atoms with Crippen LogP contribution < -0.4 is 0 Å². The second-order valence-corrected chi connectivity index (χ2v) is 10.4. The Morgan fingerprint density at radius 3 is 1.54 bits per heavy atom. The first kappa shape index (κ1) is 24.8. The van der Waals surface area contributed by atoms with Gasteiger partial charge in [0.25, 0.3) is 0 Å². The molecule has 1 aromatic rings. The van der Waals surface area contributed by atoms with E-state index in [0.29, 0.717) is 64.0 Å². The van der Waals surface area contributed by atoms with E-state index in [-0.39, 0.29) is 24.1 Å². The molecule has 0 aromatic heterocycles. The Kier molecular flexibility index (Phi) is 6.45. The minimum atomic E-state index is -0.847. The molecule has 4 heterocycles. The van der Waals surface area contributed by atoms with Gasteiger partial charge in [0.05, 0.1) is 63.7 Å². The summed E-state index contributed by atoms with van der Waals surface area (Å²) in [6.45, 7) is 5.66. The van der Waals surface area contributed by atoms with Gasteiger partial charge in [-0.15, -0.1) is 0 Å². The van der Waals surface area contributed by atoms with Gasteiger partial charge in [0.15, 0.2) is 0 Å². The van der Waals surface area contributed by atoms with Crippen molar-refractivity contribution >= 4 is 11.9 Å². The average Bonchev–Trinajstić information content (AvgIpc) is 2.84. The normalized spacial score (nSPS) is 38.2. The van der Waals surface area contributed by atoms with Crippen molar-refractivity contribution in [1.29, 1.82) is 0 Å². The van der Waals surface area contributed by atoms with Gasteiger partial charge in [0, 0.05) is 0 Å². The number of carbonyl (C=O) groups excluding carboxylic acids is 2. The smallest absolute Gasteiger partial charge is 0.317 e. The first-order valence-electron chi connectivity index (χ1n) is 12.9. The van der Waals surface area contributed by atoms with Crippen LogP contribution in [0, 0.1) is 11.8 Å². The summed E-state index contributed by atoms with van der Waals surface area (Å²) in [5.41, 5.74) is 0.235. The molecule has 6 atom stereocenters. The fraction of sp³-hybridized carbons (Fsp3) is 0.571. The Labute approximate surface area is 215 Å². The van der Waals surface area contributed by atoms with Gasteiger partial charge in [0.2, 0.25) is 0 Å². The minimum absolute atomic E-state index is 0.261. The molecule has 2 aliphatic carbocycles. The summed E-state index contributed by atoms with van der Waals surface area (Å²) < 4.78 is 41.4. The number of allylic oxidation sites excluding steroid dienone is 2. The third-order valence-electron chi connectivity index (χ3n) is 8.04. The average molecular weight is 513 g/mol. The second-order valence-electron chi connectivity index (χ2n) is 10.4. The first-order chi connectivity index (χ1) is 17.9. The molecule has 2 spiro atoms. The molecular formula is C28H32O9. The number of hydrogen-bond donors (Lipinski definition) is 0. The van der Waals surface area contributed by atoms with Gasteiger partial charge in [-0.05, 0) is 50.0 Å². The molecule has 0 N–H and O–H groups in total. The monoisotopic (exact) mass is 512 g/mol. The highest BCUT2D eigenvalue weighted by atomic mass is 16.6. The van der Waals surface area contributed by atoms with Crippen LogP contribution in [0.5, 0.6) is 0 Å². The van der Waals surface area contributed by atoms with Crippen LogP contribution >= 0.6 is 0 Å². The maximum Gasteiger partial charge on any atom is 0.317 e. The molecule has 9 nitrogen and oxygen atoms in total. The topological polar surface area (TPSA) is 98.8 Å². The predicted molar refractivity (Wildman–Crippen MR) is 128 cm³/mol. The van der Waals surface area contributed by atoms with Crippen LogP contribution in [-0.2, 0) is 56.0 Å². The maximum atomic E-state index is 12.5. The van der Waals surface area contributed by atoms with Crippen molar-refractivity contribution in [1.82, 2.24) is 0 Å². The van der Waals surface area contributed by atoms with Crippen molar-refractivity contribution in [3.8, 4) is 0 Å². The zero-order valence-electron chi connectivity index (χ0n) is 21.1. The van der Waals surface area contributed by atoms with Gasteiger partial charge in [0.1, 0.15) is 22.7 Å². The minimum Gasteiger partial charge on any atom is -0.431 e. The Balaban J connectivity index is 1.22. The second kappa shape index (κ2) is 9.63. The summed E-state index contributed by atoms with van der Waals surface area (Å²) in [6.07, 6.45) is 4.32. The van der Waals surface area contributed by atoms with Crippen molar-refractivity contribution in [2.24, 2.45) is 11.8 Å². The zero-order valence-corrected chi connectivity index (χ0v) is 21.1. The van der Waals surface area contributed by atoms with Gasteiger partial charge in [-0.25, -0.2) is 0 Å². The van der Waals surface area contributed by atoms with E-state index < -0.39 is 23.0 Å². The number of rotatable bonds is 0. The predicted octanol–water partition coefficient (Wildman–Crippen LogP) is 2.96. The lowest BCUT2D eigenvalue weighted by molar-refractivity contribution is -0.238. The number of ether oxygens (including phenoxy) is 7. The molecule has 0 saturated heterocycles. The third kappa shape index (κ3) is 4.32. The van der Waals surface area contributed by atoms with Crippen molar-refractivity contribution in [3.05, 3.63) is 59.1 Å². The lowest BCUT2D eigenvalue weighted by atomic mass is 9.65. The molecule has 1 aromatic carbocycles. The molecule has 2 saturated carbocycles. The van der Waals surface area contributed by atoms with Gasteiger partial charge >= 0.3 is 11.9 Å². The number of cyclic esters (lactones) is 2. The number of carbonyl (C=O) groups is 2. The molecule has 37 heavy (non-hydrogen) atoms. The Morgan fingerprint density at radius 2 is 1.11 bits per heavy atom. The Bertz CT molecular complexity index is 1040. The molecule has 7 rings (SSSR count). The van der Waals surface area contributed by atoms with E-state index in [0.717, 1.165) is 11.1 Å². The fourth-order valence-corrected chi connectivity index (χ4v) is 6.01. The first-order valence-corrected chi connectivity index (χ1v) is 12.9. The summed E-state index contributed by atoms with van der Waals surface area (Å²) in [4.78, 5) is 25.0. The number of benzene rings is 1. The highest BCUT2D eigenvalue weighted by molar-refractivity contribution is 5.79. The van der Waals surface area contributed by atoms with Crippen LogP contribution in [0.25, 0.3) is 0 Å². The van der Waals surface area contributed by atoms with E-state index in [4.69, 9.17) is 33.2 Å². The zero-order chi connectivity index (χ0) is 25.6. The van der Waals surface area contributed by atoms with E-state index in [2.05, 4.69) is 0 Å². The number of fused-ring (bicyclic) bond motifs is 10. The Morgan fingerprint density at radius 1 is 0.676 bits per heavy atom. The lowest BCUT2D eigenvalue weighted by Crippen LogP contribution is -2.65. The molecule has 2 fully saturated rings. The lowest BCUT2D eigenvalue weighted by Gasteiger charge is -2.53. The largest absolute Gasteiger partial charge is 0.431 e. The van der Waals surface area contributed by atoms with Crippen LogP contribution in [0.4, 0.5) is 0 Å². The quantitative estimate of drug-likeness (QED) is 0.384. The fourth-order valence-electron chi connectivity index (χ4n) is 6.01. The van der Waals surface area contributed by atoms with E-state index in [1.165, 1.54) is 0 Å². The van der Waals surface area contributed by atoms with Crippen molar-refractivity contribution in [2.75, 3.05) is 26.4 Å². The van der Waals surface area contributed by atoms with Crippen LogP contribution in [0.2, 0.25) is 0 Å². The van der Waals surface area contributed by atoms with E-state index in [9.17, 15) is 9.59 Å². The standard InChI is InChI=1S/C28H32O9/c1-17-13-27-21(25(29)36-17)11-23(27)32-9-7-31-8-10-33-24-12-22-26(30)37-18(2)14-28(22,24)35-16-20-5-3-19(4-6-20)15-34-27/h3-6,13-14,21-24H,7-12,15-16H2,1-2H3/t21-,22+,23+,24-,27-,28+. The third-order valence-corrected chi connectivity index (χ3v) is 8.04. The summed E-state index contributed by atoms with van der Waals surface area (Å²) in [5.74, 6) is -0.281. The molecule has 9 heteroatoms. The summed E-state index contributed by atoms with van der Waals surface area (Å²) >= 11 is 0. The van der Waals surface area contributed by atoms with Gasteiger partial charge in [-0.2, -0.15) is 0 Å². The maximum absolute atomic E-state index is 12.5. The van der Waals surface area contributed by atoms with Crippen LogP contribution in [0.3, 0.4) is 0 Å². The summed E-state index contributed by atoms with van der Waals surface area (Å²) in [5, 5.41) is 0.